The number of aliphatic hydroxyl groups excluding tert-OH is 1. The van der Waals surface area contributed by atoms with E-state index in [1.807, 2.05) is 27.7 Å². The number of halogens is 1. The van der Waals surface area contributed by atoms with E-state index in [2.05, 4.69) is 0 Å². The number of rotatable bonds is 4. The summed E-state index contributed by atoms with van der Waals surface area (Å²) >= 11 is 0. The van der Waals surface area contributed by atoms with Crippen LogP contribution in [-0.4, -0.2) is 38.5 Å². The zero-order valence-electron chi connectivity index (χ0n) is 13.5. The number of hydrogen-bond donors (Lipinski definition) is 1. The van der Waals surface area contributed by atoms with Gasteiger partial charge in [0.05, 0.1) is 22.7 Å². The second-order valence-electron chi connectivity index (χ2n) is 6.47. The van der Waals surface area contributed by atoms with Crippen LogP contribution in [0.4, 0.5) is 3.89 Å². The summed E-state index contributed by atoms with van der Waals surface area (Å²) in [5.41, 5.74) is 0.0478. The molecule has 1 aliphatic rings. The normalized spacial score (nSPS) is 20.8. The minimum atomic E-state index is -4.72. The van der Waals surface area contributed by atoms with Crippen LogP contribution >= 0.6 is 0 Å². The van der Waals surface area contributed by atoms with Crippen molar-refractivity contribution in [3.8, 4) is 0 Å². The zero-order valence-corrected chi connectivity index (χ0v) is 14.4. The summed E-state index contributed by atoms with van der Waals surface area (Å²) in [6, 6.07) is 5.24. The van der Waals surface area contributed by atoms with Gasteiger partial charge in [0.1, 0.15) is 0 Å². The van der Waals surface area contributed by atoms with Crippen LogP contribution in [0.1, 0.15) is 33.3 Å². The smallest absolute Gasteiger partial charge is 0.400 e. The fourth-order valence-corrected chi connectivity index (χ4v) is 2.58. The molecule has 1 fully saturated rings. The predicted molar refractivity (Wildman–Crippen MR) is 85.9 cm³/mol. The molecule has 1 N–H and O–H groups in total. The molecular formula is C15H20BFO5S. The summed E-state index contributed by atoms with van der Waals surface area (Å²) in [6.45, 7) is 7.34. The van der Waals surface area contributed by atoms with E-state index in [4.69, 9.17) is 9.31 Å². The highest BCUT2D eigenvalue weighted by Gasteiger charge is 2.52. The molecule has 0 atom stereocenters. The van der Waals surface area contributed by atoms with Crippen molar-refractivity contribution in [2.75, 3.05) is 6.61 Å². The molecule has 2 rings (SSSR count). The van der Waals surface area contributed by atoms with Crippen molar-refractivity contribution < 1.29 is 26.7 Å². The van der Waals surface area contributed by atoms with E-state index in [1.165, 1.54) is 24.3 Å². The highest BCUT2D eigenvalue weighted by molar-refractivity contribution is 7.86. The van der Waals surface area contributed by atoms with E-state index in [9.17, 15) is 17.4 Å². The highest BCUT2D eigenvalue weighted by Crippen LogP contribution is 2.38. The van der Waals surface area contributed by atoms with Crippen molar-refractivity contribution >= 4 is 23.4 Å². The van der Waals surface area contributed by atoms with Gasteiger partial charge >= 0.3 is 17.3 Å². The third-order valence-corrected chi connectivity index (χ3v) is 5.09. The Labute approximate surface area is 136 Å². The second kappa shape index (κ2) is 6.01. The quantitative estimate of drug-likeness (QED) is 0.672. The molecule has 126 valence electrons. The second-order valence-corrected chi connectivity index (χ2v) is 7.82. The molecule has 1 saturated heterocycles. The molecule has 0 aromatic heterocycles. The predicted octanol–water partition coefficient (Wildman–Crippen LogP) is 2.35. The molecule has 0 radical (unpaired) electrons. The van der Waals surface area contributed by atoms with Gasteiger partial charge in [-0.15, -0.1) is 3.89 Å². The van der Waals surface area contributed by atoms with Crippen molar-refractivity contribution in [1.29, 1.82) is 0 Å². The van der Waals surface area contributed by atoms with Gasteiger partial charge in [-0.2, -0.15) is 8.42 Å². The molecule has 0 unspecified atom stereocenters. The van der Waals surface area contributed by atoms with E-state index in [0.717, 1.165) is 0 Å². The molecule has 0 bridgehead atoms. The van der Waals surface area contributed by atoms with Crippen LogP contribution in [0.25, 0.3) is 6.08 Å². The van der Waals surface area contributed by atoms with Crippen LogP contribution in [0.3, 0.4) is 0 Å². The first-order valence-electron chi connectivity index (χ1n) is 7.18. The van der Waals surface area contributed by atoms with Crippen LogP contribution in [0, 0.1) is 0 Å². The van der Waals surface area contributed by atoms with Crippen LogP contribution in [0.15, 0.2) is 34.6 Å². The maximum Gasteiger partial charge on any atom is 0.492 e. The first-order valence-corrected chi connectivity index (χ1v) is 8.56. The van der Waals surface area contributed by atoms with Gasteiger partial charge in [-0.25, -0.2) is 0 Å². The van der Waals surface area contributed by atoms with Gasteiger partial charge < -0.3 is 14.4 Å². The van der Waals surface area contributed by atoms with Gasteiger partial charge in [0.2, 0.25) is 0 Å². The lowest BCUT2D eigenvalue weighted by molar-refractivity contribution is 0.00578. The van der Waals surface area contributed by atoms with E-state index >= 15 is 0 Å². The molecule has 0 spiro atoms. The number of hydrogen-bond acceptors (Lipinski definition) is 5. The Kier molecular flexibility index (Phi) is 4.74. The number of benzene rings is 1. The molecule has 8 heteroatoms. The third kappa shape index (κ3) is 3.83. The van der Waals surface area contributed by atoms with Crippen molar-refractivity contribution in [3.63, 3.8) is 0 Å². The van der Waals surface area contributed by atoms with Crippen LogP contribution < -0.4 is 0 Å². The third-order valence-electron chi connectivity index (χ3n) is 4.25. The van der Waals surface area contributed by atoms with Crippen molar-refractivity contribution in [2.24, 2.45) is 0 Å². The van der Waals surface area contributed by atoms with Crippen LogP contribution in [0.5, 0.6) is 0 Å². The topological polar surface area (TPSA) is 72.8 Å². The molecule has 0 saturated carbocycles. The maximum atomic E-state index is 12.9. The summed E-state index contributed by atoms with van der Waals surface area (Å²) in [7, 11) is -5.42. The highest BCUT2D eigenvalue weighted by atomic mass is 32.3. The Morgan fingerprint density at radius 3 is 2.04 bits per heavy atom. The molecule has 1 aliphatic heterocycles. The first kappa shape index (κ1) is 18.1. The fourth-order valence-electron chi connectivity index (χ4n) is 2.12. The first-order chi connectivity index (χ1) is 10.5. The van der Waals surface area contributed by atoms with Gasteiger partial charge in [-0.05, 0) is 50.9 Å². The molecule has 0 aliphatic carbocycles. The average Bonchev–Trinajstić information content (AvgIpc) is 2.64. The lowest BCUT2D eigenvalue weighted by atomic mass is 9.77. The Morgan fingerprint density at radius 1 is 1.17 bits per heavy atom. The van der Waals surface area contributed by atoms with Gasteiger partial charge in [0, 0.05) is 0 Å². The summed E-state index contributed by atoms with van der Waals surface area (Å²) in [5.74, 6) is 0. The van der Waals surface area contributed by atoms with Gasteiger partial charge in [0.15, 0.2) is 0 Å². The molecule has 5 nitrogen and oxygen atoms in total. The SMILES string of the molecule is CC1(C)OB(C(=Cc2ccc(S(=O)(=O)F)cc2)CO)OC1(C)C. The standard InChI is InChI=1S/C15H20BFO5S/c1-14(2)15(3,4)22-16(21-14)12(10-18)9-11-5-7-13(8-6-11)23(17,19)20/h5-9,18H,10H2,1-4H3. The summed E-state index contributed by atoms with van der Waals surface area (Å²) in [4.78, 5) is -0.407. The van der Waals surface area contributed by atoms with Gasteiger partial charge in [0.25, 0.3) is 0 Å². The monoisotopic (exact) mass is 342 g/mol. The molecule has 1 aromatic carbocycles. The molecule has 1 aromatic rings. The Bertz CT molecular complexity index is 694. The average molecular weight is 342 g/mol. The van der Waals surface area contributed by atoms with Gasteiger partial charge in [-0.3, -0.25) is 0 Å². The molecular weight excluding hydrogens is 322 g/mol. The summed E-state index contributed by atoms with van der Waals surface area (Å²) < 4.78 is 46.2. The Morgan fingerprint density at radius 2 is 1.65 bits per heavy atom. The van der Waals surface area contributed by atoms with E-state index in [1.54, 1.807) is 6.08 Å². The Balaban J connectivity index is 2.27. The zero-order chi connectivity index (χ0) is 17.5. The number of aliphatic hydroxyl groups is 1. The van der Waals surface area contributed by atoms with Crippen LogP contribution in [-0.2, 0) is 19.5 Å². The molecule has 0 amide bonds. The molecule has 1 heterocycles. The summed E-state index contributed by atoms with van der Waals surface area (Å²) in [5, 5.41) is 9.59. The maximum absolute atomic E-state index is 12.9. The van der Waals surface area contributed by atoms with E-state index < -0.39 is 33.4 Å². The Hall–Kier alpha value is -1.22. The van der Waals surface area contributed by atoms with Crippen molar-refractivity contribution in [3.05, 3.63) is 35.3 Å². The largest absolute Gasteiger partial charge is 0.492 e. The molecule has 23 heavy (non-hydrogen) atoms. The van der Waals surface area contributed by atoms with Crippen LogP contribution in [0.2, 0.25) is 0 Å². The lowest BCUT2D eigenvalue weighted by Crippen LogP contribution is -2.41. The van der Waals surface area contributed by atoms with Gasteiger partial charge in [-0.1, -0.05) is 18.2 Å². The van der Waals surface area contributed by atoms with E-state index in [0.29, 0.717) is 11.0 Å². The van der Waals surface area contributed by atoms with Crippen molar-refractivity contribution in [1.82, 2.24) is 0 Å². The summed E-state index contributed by atoms with van der Waals surface area (Å²) in [6.07, 6.45) is 1.64. The minimum absolute atomic E-state index is 0.278. The fraction of sp³-hybridized carbons (Fsp3) is 0.467. The van der Waals surface area contributed by atoms with E-state index in [-0.39, 0.29) is 6.61 Å². The lowest BCUT2D eigenvalue weighted by Gasteiger charge is -2.32. The van der Waals surface area contributed by atoms with Crippen molar-refractivity contribution in [2.45, 2.75) is 43.8 Å². The minimum Gasteiger partial charge on any atom is -0.400 e.